The van der Waals surface area contributed by atoms with Gasteiger partial charge in [-0.1, -0.05) is 77.5 Å². The summed E-state index contributed by atoms with van der Waals surface area (Å²) in [6.07, 6.45) is 1.84. The average Bonchev–Trinajstić information content (AvgIpc) is 3.38. The second-order valence-electron chi connectivity index (χ2n) is 7.32. The van der Waals surface area contributed by atoms with E-state index in [4.69, 9.17) is 11.6 Å². The highest BCUT2D eigenvalue weighted by Gasteiger charge is 2.18. The van der Waals surface area contributed by atoms with Gasteiger partial charge in [0, 0.05) is 5.75 Å². The lowest BCUT2D eigenvalue weighted by molar-refractivity contribution is 0.731. The van der Waals surface area contributed by atoms with Gasteiger partial charge in [0.2, 0.25) is 0 Å². The summed E-state index contributed by atoms with van der Waals surface area (Å²) in [6, 6.07) is 24.4. The van der Waals surface area contributed by atoms with Crippen molar-refractivity contribution < 1.29 is 0 Å². The molecule has 0 amide bonds. The molecule has 154 valence electrons. The van der Waals surface area contributed by atoms with E-state index in [0.717, 1.165) is 33.5 Å². The highest BCUT2D eigenvalue weighted by molar-refractivity contribution is 7.98. The molecule has 0 unspecified atom stereocenters. The zero-order chi connectivity index (χ0) is 21.2. The quantitative estimate of drug-likeness (QED) is 0.304. The van der Waals surface area contributed by atoms with Crippen molar-refractivity contribution in [3.8, 4) is 5.69 Å². The second-order valence-corrected chi connectivity index (χ2v) is 8.67. The largest absolute Gasteiger partial charge is 0.323 e. The molecule has 0 spiro atoms. The standard InChI is InChI=1S/C24H20ClN5S/c1-17-10-12-18(13-11-17)15-31-24-28-27-23(30(24)21-8-4-2-6-19(21)25)14-29-16-26-20-7-3-5-9-22(20)29/h2-13,16H,14-15H2,1H3. The fraction of sp³-hybridized carbons (Fsp3) is 0.125. The van der Waals surface area contributed by atoms with E-state index in [2.05, 4.69) is 61.6 Å². The zero-order valence-electron chi connectivity index (χ0n) is 16.9. The molecule has 0 bridgehead atoms. The van der Waals surface area contributed by atoms with Crippen LogP contribution in [0.25, 0.3) is 16.7 Å². The van der Waals surface area contributed by atoms with Gasteiger partial charge < -0.3 is 4.57 Å². The van der Waals surface area contributed by atoms with Crippen LogP contribution in [0.3, 0.4) is 0 Å². The lowest BCUT2D eigenvalue weighted by atomic mass is 10.2. The molecule has 0 aliphatic carbocycles. The van der Waals surface area contributed by atoms with E-state index in [1.165, 1.54) is 11.1 Å². The third kappa shape index (κ3) is 4.09. The van der Waals surface area contributed by atoms with E-state index < -0.39 is 0 Å². The summed E-state index contributed by atoms with van der Waals surface area (Å²) >= 11 is 8.22. The van der Waals surface area contributed by atoms with Gasteiger partial charge in [-0.2, -0.15) is 0 Å². The smallest absolute Gasteiger partial charge is 0.196 e. The van der Waals surface area contributed by atoms with Crippen molar-refractivity contribution in [2.45, 2.75) is 24.4 Å². The van der Waals surface area contributed by atoms with Crippen LogP contribution in [0.2, 0.25) is 5.02 Å². The Bertz CT molecular complexity index is 1340. The van der Waals surface area contributed by atoms with Gasteiger partial charge in [-0.25, -0.2) is 4.98 Å². The average molecular weight is 446 g/mol. The van der Waals surface area contributed by atoms with Crippen molar-refractivity contribution in [2.24, 2.45) is 0 Å². The topological polar surface area (TPSA) is 48.5 Å². The van der Waals surface area contributed by atoms with Crippen molar-refractivity contribution in [1.29, 1.82) is 0 Å². The molecule has 5 rings (SSSR count). The molecule has 0 aliphatic heterocycles. The first-order chi connectivity index (χ1) is 15.2. The Hall–Kier alpha value is -3.09. The van der Waals surface area contributed by atoms with Crippen LogP contribution in [-0.2, 0) is 12.3 Å². The molecule has 0 atom stereocenters. The van der Waals surface area contributed by atoms with Gasteiger partial charge in [0.05, 0.1) is 34.6 Å². The number of thioether (sulfide) groups is 1. The maximum Gasteiger partial charge on any atom is 0.196 e. The molecule has 0 N–H and O–H groups in total. The molecule has 0 fully saturated rings. The number of aromatic nitrogens is 5. The maximum atomic E-state index is 6.57. The van der Waals surface area contributed by atoms with E-state index in [1.807, 2.05) is 48.8 Å². The minimum atomic E-state index is 0.545. The summed E-state index contributed by atoms with van der Waals surface area (Å²) in [5, 5.41) is 10.5. The van der Waals surface area contributed by atoms with E-state index >= 15 is 0 Å². The minimum absolute atomic E-state index is 0.545. The van der Waals surface area contributed by atoms with Crippen molar-refractivity contribution in [3.63, 3.8) is 0 Å². The fourth-order valence-corrected chi connectivity index (χ4v) is 4.63. The van der Waals surface area contributed by atoms with Crippen LogP contribution in [0.4, 0.5) is 0 Å². The molecular weight excluding hydrogens is 426 g/mol. The third-order valence-corrected chi connectivity index (χ3v) is 6.44. The van der Waals surface area contributed by atoms with E-state index in [0.29, 0.717) is 11.6 Å². The maximum absolute atomic E-state index is 6.57. The Balaban J connectivity index is 1.52. The van der Waals surface area contributed by atoms with Gasteiger partial charge in [-0.15, -0.1) is 10.2 Å². The summed E-state index contributed by atoms with van der Waals surface area (Å²) in [7, 11) is 0. The van der Waals surface area contributed by atoms with E-state index in [-0.39, 0.29) is 0 Å². The predicted octanol–water partition coefficient (Wildman–Crippen LogP) is 5.92. The molecule has 5 aromatic rings. The Kier molecular flexibility index (Phi) is 5.49. The molecule has 0 aliphatic rings. The first-order valence-corrected chi connectivity index (χ1v) is 11.3. The van der Waals surface area contributed by atoms with Crippen LogP contribution in [0, 0.1) is 6.92 Å². The highest BCUT2D eigenvalue weighted by Crippen LogP contribution is 2.29. The molecule has 31 heavy (non-hydrogen) atoms. The molecule has 2 aromatic heterocycles. The zero-order valence-corrected chi connectivity index (χ0v) is 18.5. The lowest BCUT2D eigenvalue weighted by Crippen LogP contribution is -2.08. The number of aryl methyl sites for hydroxylation is 1. The molecule has 0 radical (unpaired) electrons. The number of hydrogen-bond acceptors (Lipinski definition) is 4. The number of para-hydroxylation sites is 3. The SMILES string of the molecule is Cc1ccc(CSc2nnc(Cn3cnc4ccccc43)n2-c2ccccc2Cl)cc1. The van der Waals surface area contributed by atoms with Crippen LogP contribution in [0.15, 0.2) is 84.3 Å². The van der Waals surface area contributed by atoms with E-state index in [9.17, 15) is 0 Å². The summed E-state index contributed by atoms with van der Waals surface area (Å²) in [6.45, 7) is 2.64. The van der Waals surface area contributed by atoms with Crippen molar-refractivity contribution in [2.75, 3.05) is 0 Å². The molecule has 0 saturated carbocycles. The van der Waals surface area contributed by atoms with Crippen LogP contribution in [-0.4, -0.2) is 24.3 Å². The predicted molar refractivity (Wildman–Crippen MR) is 126 cm³/mol. The third-order valence-electron chi connectivity index (χ3n) is 5.12. The molecule has 5 nitrogen and oxygen atoms in total. The van der Waals surface area contributed by atoms with Gasteiger partial charge >= 0.3 is 0 Å². The van der Waals surface area contributed by atoms with Crippen LogP contribution < -0.4 is 0 Å². The summed E-state index contributed by atoms with van der Waals surface area (Å²) in [4.78, 5) is 4.50. The summed E-state index contributed by atoms with van der Waals surface area (Å²) < 4.78 is 4.14. The van der Waals surface area contributed by atoms with Crippen LogP contribution in [0.1, 0.15) is 17.0 Å². The van der Waals surface area contributed by atoms with Crippen molar-refractivity contribution >= 4 is 34.4 Å². The first kappa shape index (κ1) is 19.8. The van der Waals surface area contributed by atoms with Gasteiger partial charge in [-0.3, -0.25) is 4.57 Å². The molecule has 2 heterocycles. The Morgan fingerprint density at radius 3 is 2.52 bits per heavy atom. The number of halogens is 1. The number of nitrogens with zero attached hydrogens (tertiary/aromatic N) is 5. The van der Waals surface area contributed by atoms with Gasteiger partial charge in [0.1, 0.15) is 0 Å². The Morgan fingerprint density at radius 2 is 1.68 bits per heavy atom. The Morgan fingerprint density at radius 1 is 0.903 bits per heavy atom. The number of benzene rings is 3. The lowest BCUT2D eigenvalue weighted by Gasteiger charge is -2.12. The monoisotopic (exact) mass is 445 g/mol. The summed E-state index contributed by atoms with van der Waals surface area (Å²) in [5.74, 6) is 1.61. The van der Waals surface area contributed by atoms with Crippen molar-refractivity contribution in [1.82, 2.24) is 24.3 Å². The Labute approximate surface area is 189 Å². The number of rotatable bonds is 6. The first-order valence-electron chi connectivity index (χ1n) is 9.96. The van der Waals surface area contributed by atoms with E-state index in [1.54, 1.807) is 11.8 Å². The van der Waals surface area contributed by atoms with Gasteiger partial charge in [0.25, 0.3) is 0 Å². The normalized spacial score (nSPS) is 11.3. The second kappa shape index (κ2) is 8.57. The van der Waals surface area contributed by atoms with Crippen LogP contribution >= 0.6 is 23.4 Å². The number of hydrogen-bond donors (Lipinski definition) is 0. The fourth-order valence-electron chi connectivity index (χ4n) is 3.49. The van der Waals surface area contributed by atoms with Crippen molar-refractivity contribution in [3.05, 3.63) is 101 Å². The molecule has 7 heteroatoms. The molecular formula is C24H20ClN5S. The number of imidazole rings is 1. The van der Waals surface area contributed by atoms with Gasteiger partial charge in [-0.05, 0) is 36.8 Å². The molecule has 0 saturated heterocycles. The number of fused-ring (bicyclic) bond motifs is 1. The molecule has 3 aromatic carbocycles. The highest BCUT2D eigenvalue weighted by atomic mass is 35.5. The summed E-state index contributed by atoms with van der Waals surface area (Å²) in [5.41, 5.74) is 5.39. The minimum Gasteiger partial charge on any atom is -0.323 e. The van der Waals surface area contributed by atoms with Gasteiger partial charge in [0.15, 0.2) is 11.0 Å². The van der Waals surface area contributed by atoms with Crippen LogP contribution in [0.5, 0.6) is 0 Å².